The fourth-order valence-electron chi connectivity index (χ4n) is 3.39. The van der Waals surface area contributed by atoms with Gasteiger partial charge in [0.2, 0.25) is 5.69 Å². The monoisotopic (exact) mass is 462 g/mol. The number of fused-ring (bicyclic) bond motifs is 1. The number of benzene rings is 2. The summed E-state index contributed by atoms with van der Waals surface area (Å²) in [6.07, 6.45) is 0. The molecule has 5 aromatic rings. The zero-order valence-electron chi connectivity index (χ0n) is 17.1. The molecule has 10 heteroatoms. The van der Waals surface area contributed by atoms with Crippen LogP contribution < -0.4 is 20.3 Å². The van der Waals surface area contributed by atoms with Gasteiger partial charge in [0.15, 0.2) is 5.95 Å². The number of rotatable bonds is 5. The number of nitrogens with zero attached hydrogens (tertiary/aromatic N) is 3. The summed E-state index contributed by atoms with van der Waals surface area (Å²) in [6, 6.07) is 16.0. The Labute approximate surface area is 190 Å². The highest BCUT2D eigenvalue weighted by molar-refractivity contribution is 7.21. The van der Waals surface area contributed by atoms with Gasteiger partial charge in [-0.2, -0.15) is 0 Å². The normalized spacial score (nSPS) is 11.1. The second-order valence-corrected chi connectivity index (χ2v) is 8.05. The van der Waals surface area contributed by atoms with Crippen molar-refractivity contribution in [1.29, 1.82) is 0 Å². The van der Waals surface area contributed by atoms with Crippen molar-refractivity contribution >= 4 is 33.0 Å². The Hall–Kier alpha value is -4.31. The molecule has 0 fully saturated rings. The van der Waals surface area contributed by atoms with Gasteiger partial charge in [-0.3, -0.25) is 4.79 Å². The lowest BCUT2D eigenvalue weighted by Crippen LogP contribution is -2.39. The van der Waals surface area contributed by atoms with E-state index >= 15 is 0 Å². The van der Waals surface area contributed by atoms with Crippen LogP contribution in [-0.4, -0.2) is 23.1 Å². The van der Waals surface area contributed by atoms with E-state index in [2.05, 4.69) is 10.3 Å². The molecule has 0 aliphatic heterocycles. The molecule has 164 valence electrons. The van der Waals surface area contributed by atoms with E-state index in [0.717, 1.165) is 21.6 Å². The zero-order valence-corrected chi connectivity index (χ0v) is 17.9. The first-order valence-electron chi connectivity index (χ1n) is 9.69. The Morgan fingerprint density at radius 2 is 1.85 bits per heavy atom. The number of nitrogens with two attached hydrogens (primary N) is 1. The van der Waals surface area contributed by atoms with Gasteiger partial charge in [0.05, 0.1) is 23.8 Å². The minimum atomic E-state index is -0.882. The first-order chi connectivity index (χ1) is 16.0. The molecule has 5 rings (SSSR count). The van der Waals surface area contributed by atoms with Crippen molar-refractivity contribution in [3.63, 3.8) is 0 Å². The third-order valence-corrected chi connectivity index (χ3v) is 6.20. The van der Waals surface area contributed by atoms with Crippen LogP contribution in [0.4, 0.5) is 10.1 Å². The third kappa shape index (κ3) is 3.56. The van der Waals surface area contributed by atoms with Crippen molar-refractivity contribution in [3.8, 4) is 28.6 Å². The SMILES string of the molecule is COc1ccc(-[n+]2noc([O-])c2C(=O)c2sc3nc(-c4ccc(F)cc4)ccc3c2N)cc1. The number of carbonyl (C=O) groups is 1. The van der Waals surface area contributed by atoms with Crippen molar-refractivity contribution < 1.29 is 28.2 Å². The highest BCUT2D eigenvalue weighted by atomic mass is 32.1. The van der Waals surface area contributed by atoms with Crippen LogP contribution in [0.5, 0.6) is 11.7 Å². The second kappa shape index (κ2) is 7.99. The van der Waals surface area contributed by atoms with Crippen LogP contribution >= 0.6 is 11.3 Å². The Morgan fingerprint density at radius 3 is 2.55 bits per heavy atom. The van der Waals surface area contributed by atoms with Gasteiger partial charge in [0.25, 0.3) is 5.78 Å². The number of thiophene rings is 1. The van der Waals surface area contributed by atoms with E-state index in [4.69, 9.17) is 15.0 Å². The summed E-state index contributed by atoms with van der Waals surface area (Å²) >= 11 is 1.06. The summed E-state index contributed by atoms with van der Waals surface area (Å²) < 4.78 is 24.3. The van der Waals surface area contributed by atoms with Crippen LogP contribution in [0.1, 0.15) is 15.4 Å². The highest BCUT2D eigenvalue weighted by Crippen LogP contribution is 2.36. The Kier molecular flexibility index (Phi) is 4.98. The molecular weight excluding hydrogens is 447 g/mol. The van der Waals surface area contributed by atoms with Crippen LogP contribution in [-0.2, 0) is 0 Å². The summed E-state index contributed by atoms with van der Waals surface area (Å²) in [5, 5.41) is 16.7. The average molecular weight is 462 g/mol. The van der Waals surface area contributed by atoms with Gasteiger partial charge in [-0.1, -0.05) is 0 Å². The molecule has 0 unspecified atom stereocenters. The van der Waals surface area contributed by atoms with Crippen molar-refractivity contribution in [1.82, 2.24) is 10.3 Å². The van der Waals surface area contributed by atoms with E-state index in [1.54, 1.807) is 48.5 Å². The number of ketones is 1. The number of carbonyl (C=O) groups excluding carboxylic acids is 1. The maximum atomic E-state index is 13.3. The molecule has 33 heavy (non-hydrogen) atoms. The molecule has 8 nitrogen and oxygen atoms in total. The number of aromatic nitrogens is 3. The molecule has 3 aromatic heterocycles. The van der Waals surface area contributed by atoms with Crippen molar-refractivity contribution in [3.05, 3.63) is 77.1 Å². The number of pyridine rings is 1. The molecule has 0 radical (unpaired) electrons. The molecule has 0 bridgehead atoms. The maximum absolute atomic E-state index is 13.3. The fourth-order valence-corrected chi connectivity index (χ4v) is 4.43. The number of methoxy groups -OCH3 is 1. The van der Waals surface area contributed by atoms with E-state index in [0.29, 0.717) is 27.3 Å². The number of halogens is 1. The molecule has 0 amide bonds. The molecular formula is C23H15FN4O4S. The third-order valence-electron chi connectivity index (χ3n) is 5.08. The molecule has 0 aliphatic carbocycles. The van der Waals surface area contributed by atoms with Gasteiger partial charge >= 0.3 is 5.69 Å². The van der Waals surface area contributed by atoms with E-state index < -0.39 is 11.7 Å². The lowest BCUT2D eigenvalue weighted by molar-refractivity contribution is -0.672. The predicted molar refractivity (Wildman–Crippen MR) is 117 cm³/mol. The molecule has 0 saturated carbocycles. The Bertz CT molecular complexity index is 1490. The van der Waals surface area contributed by atoms with Crippen molar-refractivity contribution in [2.24, 2.45) is 0 Å². The van der Waals surface area contributed by atoms with Crippen LogP contribution in [0.15, 0.2) is 65.2 Å². The summed E-state index contributed by atoms with van der Waals surface area (Å²) in [5.74, 6) is -1.25. The predicted octanol–water partition coefficient (Wildman–Crippen LogP) is 3.26. The zero-order chi connectivity index (χ0) is 23.1. The first kappa shape index (κ1) is 20.6. The van der Waals surface area contributed by atoms with Crippen molar-refractivity contribution in [2.45, 2.75) is 0 Å². The van der Waals surface area contributed by atoms with E-state index in [-0.39, 0.29) is 22.1 Å². The van der Waals surface area contributed by atoms with Gasteiger partial charge < -0.3 is 20.1 Å². The summed E-state index contributed by atoms with van der Waals surface area (Å²) in [4.78, 5) is 18.6. The van der Waals surface area contributed by atoms with E-state index in [1.807, 2.05) is 0 Å². The van der Waals surface area contributed by atoms with Crippen LogP contribution in [0.25, 0.3) is 27.2 Å². The number of ether oxygens (including phenoxy) is 1. The lowest BCUT2D eigenvalue weighted by atomic mass is 10.1. The topological polar surface area (TPSA) is 118 Å². The molecule has 2 aromatic carbocycles. The van der Waals surface area contributed by atoms with Gasteiger partial charge in [0.1, 0.15) is 21.3 Å². The average Bonchev–Trinajstić information content (AvgIpc) is 3.38. The molecule has 0 saturated heterocycles. The van der Waals surface area contributed by atoms with Crippen LogP contribution in [0.3, 0.4) is 0 Å². The number of hydrogen-bond donors (Lipinski definition) is 1. The van der Waals surface area contributed by atoms with Gasteiger partial charge in [0, 0.05) is 23.1 Å². The van der Waals surface area contributed by atoms with Gasteiger partial charge in [-0.05, 0) is 53.2 Å². The first-order valence-corrected chi connectivity index (χ1v) is 10.5. The summed E-state index contributed by atoms with van der Waals surface area (Å²) in [7, 11) is 1.53. The van der Waals surface area contributed by atoms with Gasteiger partial charge in [-0.15, -0.1) is 11.3 Å². The Morgan fingerprint density at radius 1 is 1.12 bits per heavy atom. The summed E-state index contributed by atoms with van der Waals surface area (Å²) in [6.45, 7) is 0. The second-order valence-electron chi connectivity index (χ2n) is 7.05. The largest absolute Gasteiger partial charge is 0.539 e. The minimum Gasteiger partial charge on any atom is -0.539 e. The van der Waals surface area contributed by atoms with Gasteiger partial charge in [-0.25, -0.2) is 9.37 Å². The van der Waals surface area contributed by atoms with Crippen LogP contribution in [0, 0.1) is 5.82 Å². The minimum absolute atomic E-state index is 0.149. The molecule has 2 N–H and O–H groups in total. The van der Waals surface area contributed by atoms with Crippen LogP contribution in [0.2, 0.25) is 0 Å². The fraction of sp³-hybridized carbons (Fsp3) is 0.0435. The molecule has 0 aliphatic rings. The quantitative estimate of drug-likeness (QED) is 0.315. The number of anilines is 1. The number of hydrogen-bond acceptors (Lipinski definition) is 8. The number of nitrogen functional groups attached to an aromatic ring is 1. The standard InChI is InChI=1S/C23H15FN4O4S/c1-31-15-8-6-14(7-9-15)28-19(23(30)32-27-28)20(29)21-18(25)16-10-11-17(26-22(16)33-21)12-2-4-13(24)5-3-12/h2-11H,1H3,(H2-,25,27,29,30). The molecule has 0 atom stereocenters. The maximum Gasteiger partial charge on any atom is 0.312 e. The smallest absolute Gasteiger partial charge is 0.312 e. The summed E-state index contributed by atoms with van der Waals surface area (Å²) in [5.41, 5.74) is 7.95. The van der Waals surface area contributed by atoms with Crippen molar-refractivity contribution in [2.75, 3.05) is 12.8 Å². The van der Waals surface area contributed by atoms with E-state index in [9.17, 15) is 14.3 Å². The van der Waals surface area contributed by atoms with E-state index in [1.165, 1.54) is 19.2 Å². The molecule has 0 spiro atoms. The lowest BCUT2D eigenvalue weighted by Gasteiger charge is -2.01. The Balaban J connectivity index is 1.57. The highest BCUT2D eigenvalue weighted by Gasteiger charge is 2.32. The molecule has 3 heterocycles.